The van der Waals surface area contributed by atoms with Gasteiger partial charge in [0, 0.05) is 20.3 Å². The van der Waals surface area contributed by atoms with Gasteiger partial charge in [-0.25, -0.2) is 0 Å². The van der Waals surface area contributed by atoms with E-state index in [9.17, 15) is 20.0 Å². The van der Waals surface area contributed by atoms with Crippen LogP contribution in [0.15, 0.2) is 53.0 Å². The number of aliphatic hydroxyl groups is 1. The highest BCUT2D eigenvalue weighted by molar-refractivity contribution is 9.10. The fraction of sp³-hybridized carbons (Fsp3) is 0.350. The molecule has 1 amide bonds. The maximum absolute atomic E-state index is 12.2. The van der Waals surface area contributed by atoms with Gasteiger partial charge in [-0.2, -0.15) is 0 Å². The van der Waals surface area contributed by atoms with Gasteiger partial charge in [-0.15, -0.1) is 0 Å². The Labute approximate surface area is 176 Å². The highest BCUT2D eigenvalue weighted by atomic mass is 79.9. The van der Waals surface area contributed by atoms with Crippen LogP contribution >= 0.6 is 27.5 Å². The number of halogens is 2. The molecule has 0 bridgehead atoms. The summed E-state index contributed by atoms with van der Waals surface area (Å²) >= 11 is 9.35. The minimum absolute atomic E-state index is 0.336. The molecule has 1 N–H and O–H groups in total. The first-order valence-corrected chi connectivity index (χ1v) is 10.1. The van der Waals surface area contributed by atoms with Crippen molar-refractivity contribution >= 4 is 33.9 Å². The largest absolute Gasteiger partial charge is 0.373 e. The van der Waals surface area contributed by atoms with Crippen molar-refractivity contribution in [2.24, 2.45) is 5.92 Å². The second-order valence-electron chi connectivity index (χ2n) is 6.89. The third-order valence-electron chi connectivity index (χ3n) is 5.47. The Hall–Kier alpha value is -1.96. The van der Waals surface area contributed by atoms with Crippen molar-refractivity contribution in [3.8, 4) is 0 Å². The minimum atomic E-state index is -1.13. The third kappa shape index (κ3) is 3.79. The van der Waals surface area contributed by atoms with E-state index < -0.39 is 30.1 Å². The zero-order chi connectivity index (χ0) is 20.4. The molecule has 0 unspecified atom stereocenters. The van der Waals surface area contributed by atoms with Crippen molar-refractivity contribution in [3.05, 3.63) is 79.3 Å². The highest BCUT2D eigenvalue weighted by Crippen LogP contribution is 2.47. The van der Waals surface area contributed by atoms with E-state index in [1.165, 1.54) is 4.90 Å². The van der Waals surface area contributed by atoms with E-state index in [1.54, 1.807) is 24.3 Å². The molecular weight excluding hydrogens is 448 g/mol. The Morgan fingerprint density at radius 1 is 1.18 bits per heavy atom. The molecule has 1 saturated heterocycles. The maximum atomic E-state index is 12.2. The lowest BCUT2D eigenvalue weighted by atomic mass is 9.71. The smallest absolute Gasteiger partial charge is 0.244 e. The summed E-state index contributed by atoms with van der Waals surface area (Å²) in [6.45, 7) is 1.86. The Bertz CT molecular complexity index is 846. The number of aliphatic hydroxyl groups excluding tert-OH is 1. The second-order valence-corrected chi connectivity index (χ2v) is 8.24. The van der Waals surface area contributed by atoms with Crippen molar-refractivity contribution in [2.45, 2.75) is 37.6 Å². The van der Waals surface area contributed by atoms with Crippen molar-refractivity contribution in [3.63, 3.8) is 0 Å². The number of piperidine rings is 1. The van der Waals surface area contributed by atoms with Gasteiger partial charge in [0.15, 0.2) is 0 Å². The number of nitrogens with zero attached hydrogens (tertiary/aromatic N) is 2. The van der Waals surface area contributed by atoms with E-state index in [0.29, 0.717) is 23.4 Å². The molecule has 2 aromatic rings. The monoisotopic (exact) mass is 466 g/mol. The maximum Gasteiger partial charge on any atom is 0.244 e. The molecule has 5 atom stereocenters. The summed E-state index contributed by atoms with van der Waals surface area (Å²) in [5, 5.41) is 23.7. The molecule has 0 aromatic heterocycles. The number of hydrogen-bond acceptors (Lipinski definition) is 4. The van der Waals surface area contributed by atoms with Crippen molar-refractivity contribution < 1.29 is 14.8 Å². The molecule has 1 heterocycles. The van der Waals surface area contributed by atoms with Gasteiger partial charge in [0.1, 0.15) is 12.3 Å². The minimum Gasteiger partial charge on any atom is -0.373 e. The van der Waals surface area contributed by atoms with Crippen LogP contribution in [-0.4, -0.2) is 33.6 Å². The molecule has 3 rings (SSSR count). The van der Waals surface area contributed by atoms with E-state index >= 15 is 0 Å². The van der Waals surface area contributed by atoms with E-state index in [0.717, 1.165) is 10.0 Å². The predicted octanol–water partition coefficient (Wildman–Crippen LogP) is 4.39. The molecule has 0 saturated carbocycles. The first-order chi connectivity index (χ1) is 13.4. The number of hydrogen-bond donors (Lipinski definition) is 1. The second kappa shape index (κ2) is 8.59. The SMILES string of the molecule is CC[C@@H]1[C@@H](c2ccc(Br)cc2)[C@H]([N+](=O)[O-])[C@@H](c2ccc(Cl)cc2)N(C=O)[C@H]1O. The van der Waals surface area contributed by atoms with E-state index in [2.05, 4.69) is 15.9 Å². The molecular formula is C20H20BrClN2O4. The summed E-state index contributed by atoms with van der Waals surface area (Å²) in [5.74, 6) is -1.02. The Morgan fingerprint density at radius 2 is 1.75 bits per heavy atom. The van der Waals surface area contributed by atoms with Gasteiger partial charge >= 0.3 is 0 Å². The van der Waals surface area contributed by atoms with Crippen LogP contribution in [0.4, 0.5) is 0 Å². The van der Waals surface area contributed by atoms with E-state index in [-0.39, 0.29) is 4.92 Å². The topological polar surface area (TPSA) is 83.7 Å². The highest BCUT2D eigenvalue weighted by Gasteiger charge is 2.55. The van der Waals surface area contributed by atoms with Crippen LogP contribution in [0.25, 0.3) is 0 Å². The molecule has 0 radical (unpaired) electrons. The first-order valence-electron chi connectivity index (χ1n) is 8.94. The fourth-order valence-corrected chi connectivity index (χ4v) is 4.59. The summed E-state index contributed by atoms with van der Waals surface area (Å²) in [7, 11) is 0. The van der Waals surface area contributed by atoms with Gasteiger partial charge in [0.25, 0.3) is 0 Å². The van der Waals surface area contributed by atoms with E-state index in [4.69, 9.17) is 11.6 Å². The standard InChI is InChI=1S/C20H20BrClN2O4/c1-2-16-17(12-3-7-14(21)8-4-12)19(24(27)28)18(23(11-25)20(16)26)13-5-9-15(22)10-6-13/h3-11,16-20,26H,2H2,1H3/t16-,17-,18-,19+,20+/m1/s1. The van der Waals surface area contributed by atoms with Crippen LogP contribution in [0.1, 0.15) is 36.4 Å². The third-order valence-corrected chi connectivity index (χ3v) is 6.25. The number of rotatable bonds is 5. The molecule has 148 valence electrons. The number of carbonyl (C=O) groups is 1. The summed E-state index contributed by atoms with van der Waals surface area (Å²) in [4.78, 5) is 24.9. The van der Waals surface area contributed by atoms with E-state index in [1.807, 2.05) is 31.2 Å². The van der Waals surface area contributed by atoms with Crippen molar-refractivity contribution in [2.75, 3.05) is 0 Å². The van der Waals surface area contributed by atoms with Crippen molar-refractivity contribution in [1.29, 1.82) is 0 Å². The summed E-state index contributed by atoms with van der Waals surface area (Å²) in [6, 6.07) is 11.9. The molecule has 0 aliphatic carbocycles. The number of nitro groups is 1. The number of amides is 1. The van der Waals surface area contributed by atoms with Crippen LogP contribution in [-0.2, 0) is 4.79 Å². The van der Waals surface area contributed by atoms with Crippen LogP contribution in [0, 0.1) is 16.0 Å². The van der Waals surface area contributed by atoms with Crippen LogP contribution < -0.4 is 0 Å². The fourth-order valence-electron chi connectivity index (χ4n) is 4.19. The number of carbonyl (C=O) groups excluding carboxylic acids is 1. The molecule has 1 aliphatic heterocycles. The lowest BCUT2D eigenvalue weighted by Crippen LogP contribution is -2.57. The normalized spacial score (nSPS) is 27.4. The molecule has 28 heavy (non-hydrogen) atoms. The number of benzene rings is 2. The Kier molecular flexibility index (Phi) is 6.37. The van der Waals surface area contributed by atoms with Gasteiger partial charge in [-0.1, -0.05) is 58.7 Å². The van der Waals surface area contributed by atoms with Crippen LogP contribution in [0.2, 0.25) is 5.02 Å². The molecule has 0 spiro atoms. The molecule has 2 aromatic carbocycles. The predicted molar refractivity (Wildman–Crippen MR) is 110 cm³/mol. The van der Waals surface area contributed by atoms with Gasteiger partial charge < -0.3 is 10.0 Å². The summed E-state index contributed by atoms with van der Waals surface area (Å²) < 4.78 is 0.863. The summed E-state index contributed by atoms with van der Waals surface area (Å²) in [6.07, 6.45) is -0.141. The Balaban J connectivity index is 2.18. The lowest BCUT2D eigenvalue weighted by molar-refractivity contribution is -0.544. The molecule has 8 heteroatoms. The quantitative estimate of drug-likeness (QED) is 0.401. The van der Waals surface area contributed by atoms with Crippen LogP contribution in [0.5, 0.6) is 0 Å². The molecule has 1 fully saturated rings. The van der Waals surface area contributed by atoms with Gasteiger partial charge in [0.2, 0.25) is 12.5 Å². The Morgan fingerprint density at radius 3 is 2.25 bits per heavy atom. The van der Waals surface area contributed by atoms with Gasteiger partial charge in [0.05, 0.1) is 5.92 Å². The average Bonchev–Trinajstić information content (AvgIpc) is 2.68. The zero-order valence-corrected chi connectivity index (χ0v) is 17.5. The van der Waals surface area contributed by atoms with Gasteiger partial charge in [-0.05, 0) is 41.8 Å². The molecule has 1 aliphatic rings. The number of likely N-dealkylation sites (tertiary alicyclic amines) is 1. The average molecular weight is 468 g/mol. The molecule has 6 nitrogen and oxygen atoms in total. The lowest BCUT2D eigenvalue weighted by Gasteiger charge is -2.47. The zero-order valence-electron chi connectivity index (χ0n) is 15.1. The van der Waals surface area contributed by atoms with Crippen molar-refractivity contribution in [1.82, 2.24) is 4.90 Å². The van der Waals surface area contributed by atoms with Crippen LogP contribution in [0.3, 0.4) is 0 Å². The van der Waals surface area contributed by atoms with Gasteiger partial charge in [-0.3, -0.25) is 14.9 Å². The first kappa shape index (κ1) is 20.8. The summed E-state index contributed by atoms with van der Waals surface area (Å²) in [5.41, 5.74) is 1.33.